The normalized spacial score (nSPS) is 55.2. The first kappa shape index (κ1) is 22.5. The number of fused-ring (bicyclic) bond motifs is 7. The summed E-state index contributed by atoms with van der Waals surface area (Å²) in [5, 5.41) is 10.9. The summed E-state index contributed by atoms with van der Waals surface area (Å²) in [6.07, 6.45) is 15.9. The number of aliphatic hydroxyl groups is 1. The molecule has 0 amide bonds. The summed E-state index contributed by atoms with van der Waals surface area (Å²) >= 11 is 0. The van der Waals surface area contributed by atoms with Crippen LogP contribution in [0.2, 0.25) is 0 Å². The molecule has 4 fully saturated rings. The predicted octanol–water partition coefficient (Wildman–Crippen LogP) is 8.17. The Balaban J connectivity index is 1.57. The van der Waals surface area contributed by atoms with Crippen LogP contribution >= 0.6 is 0 Å². The van der Waals surface area contributed by atoms with E-state index in [4.69, 9.17) is 0 Å². The van der Waals surface area contributed by atoms with Gasteiger partial charge in [-0.15, -0.1) is 0 Å². The monoisotopic (exact) mass is 426 g/mol. The molecule has 0 aromatic rings. The molecule has 0 spiro atoms. The van der Waals surface area contributed by atoms with Gasteiger partial charge in [0, 0.05) is 0 Å². The van der Waals surface area contributed by atoms with E-state index in [1.165, 1.54) is 57.8 Å². The molecule has 31 heavy (non-hydrogen) atoms. The Labute approximate surface area is 192 Å². The fourth-order valence-corrected chi connectivity index (χ4v) is 10.5. The second-order valence-corrected chi connectivity index (χ2v) is 15.2. The van der Waals surface area contributed by atoms with Gasteiger partial charge in [-0.2, -0.15) is 0 Å². The van der Waals surface area contributed by atoms with Crippen molar-refractivity contribution in [3.63, 3.8) is 0 Å². The first-order valence-corrected chi connectivity index (χ1v) is 13.6. The molecule has 0 aliphatic heterocycles. The first-order valence-electron chi connectivity index (χ1n) is 13.6. The van der Waals surface area contributed by atoms with Crippen LogP contribution in [0.3, 0.4) is 0 Å². The Kier molecular flexibility index (Phi) is 4.66. The van der Waals surface area contributed by atoms with E-state index in [1.54, 1.807) is 0 Å². The molecule has 0 aromatic carbocycles. The molecule has 1 nitrogen and oxygen atoms in total. The van der Waals surface area contributed by atoms with Crippen LogP contribution in [0, 0.1) is 50.2 Å². The summed E-state index contributed by atoms with van der Waals surface area (Å²) in [5.41, 5.74) is 4.09. The van der Waals surface area contributed by atoms with Gasteiger partial charge >= 0.3 is 0 Å². The van der Waals surface area contributed by atoms with Crippen molar-refractivity contribution < 1.29 is 5.11 Å². The molecule has 5 aliphatic rings. The summed E-state index contributed by atoms with van der Waals surface area (Å²) in [4.78, 5) is 0. The van der Waals surface area contributed by atoms with Gasteiger partial charge in [0.05, 0.1) is 6.10 Å². The number of hydrogen-bond donors (Lipinski definition) is 1. The molecule has 0 saturated heterocycles. The van der Waals surface area contributed by atoms with Gasteiger partial charge in [-0.1, -0.05) is 67.0 Å². The Morgan fingerprint density at radius 1 is 0.774 bits per heavy atom. The van der Waals surface area contributed by atoms with E-state index in [9.17, 15) is 5.11 Å². The van der Waals surface area contributed by atoms with Crippen molar-refractivity contribution >= 4 is 0 Å². The van der Waals surface area contributed by atoms with Gasteiger partial charge in [0.25, 0.3) is 0 Å². The van der Waals surface area contributed by atoms with Gasteiger partial charge in [-0.3, -0.25) is 0 Å². The van der Waals surface area contributed by atoms with Crippen LogP contribution in [0.15, 0.2) is 11.6 Å². The Morgan fingerprint density at radius 2 is 1.45 bits per heavy atom. The number of hydrogen-bond acceptors (Lipinski definition) is 1. The van der Waals surface area contributed by atoms with Crippen molar-refractivity contribution in [3.8, 4) is 0 Å². The van der Waals surface area contributed by atoms with Crippen LogP contribution in [-0.4, -0.2) is 11.2 Å². The second kappa shape index (κ2) is 6.43. The summed E-state index contributed by atoms with van der Waals surface area (Å²) in [6.45, 7) is 20.4. The standard InChI is InChI=1S/C30H50O/c1-25(2)15-16-27(5)17-18-29(7)20(21(27)19-25)9-10-23-28(6)13-12-24(31)26(3,4)22(28)11-14-30(23,29)8/h9,21-24,31H,10-19H2,1-8H3/t21-,22-,23-,24+,27-,28-,29-,30+/m1/s1. The molecular weight excluding hydrogens is 376 g/mol. The lowest BCUT2D eigenvalue weighted by Crippen LogP contribution is -2.64. The minimum Gasteiger partial charge on any atom is -0.393 e. The quantitative estimate of drug-likeness (QED) is 0.387. The maximum absolute atomic E-state index is 10.9. The lowest BCUT2D eigenvalue weighted by Gasteiger charge is -2.71. The predicted molar refractivity (Wildman–Crippen MR) is 131 cm³/mol. The van der Waals surface area contributed by atoms with Crippen molar-refractivity contribution in [2.75, 3.05) is 0 Å². The molecule has 0 radical (unpaired) electrons. The van der Waals surface area contributed by atoms with E-state index in [1.807, 2.05) is 5.57 Å². The topological polar surface area (TPSA) is 20.2 Å². The molecule has 8 atom stereocenters. The van der Waals surface area contributed by atoms with Crippen molar-refractivity contribution in [1.29, 1.82) is 0 Å². The van der Waals surface area contributed by atoms with Crippen molar-refractivity contribution in [2.24, 2.45) is 50.2 Å². The van der Waals surface area contributed by atoms with Crippen molar-refractivity contribution in [3.05, 3.63) is 11.6 Å². The highest BCUT2D eigenvalue weighted by atomic mass is 16.3. The Bertz CT molecular complexity index is 790. The van der Waals surface area contributed by atoms with Crippen LogP contribution in [-0.2, 0) is 0 Å². The minimum absolute atomic E-state index is 0.0533. The summed E-state index contributed by atoms with van der Waals surface area (Å²) in [6, 6.07) is 0. The Hall–Kier alpha value is -0.300. The molecule has 5 rings (SSSR count). The average Bonchev–Trinajstić information content (AvgIpc) is 2.67. The van der Waals surface area contributed by atoms with Crippen molar-refractivity contribution in [2.45, 2.75) is 126 Å². The zero-order valence-electron chi connectivity index (χ0n) is 21.9. The maximum Gasteiger partial charge on any atom is 0.0594 e. The van der Waals surface area contributed by atoms with Crippen LogP contribution in [0.1, 0.15) is 120 Å². The van der Waals surface area contributed by atoms with Crippen LogP contribution in [0.25, 0.3) is 0 Å². The summed E-state index contributed by atoms with van der Waals surface area (Å²) in [7, 11) is 0. The number of allylic oxidation sites excluding steroid dienone is 2. The minimum atomic E-state index is -0.125. The van der Waals surface area contributed by atoms with Crippen LogP contribution in [0.4, 0.5) is 0 Å². The highest BCUT2D eigenvalue weighted by Gasteiger charge is 2.67. The molecule has 0 unspecified atom stereocenters. The molecule has 5 aliphatic carbocycles. The molecule has 0 bridgehead atoms. The van der Waals surface area contributed by atoms with Crippen LogP contribution in [0.5, 0.6) is 0 Å². The number of rotatable bonds is 0. The van der Waals surface area contributed by atoms with Gasteiger partial charge in [0.2, 0.25) is 0 Å². The molecule has 1 N–H and O–H groups in total. The lowest BCUT2D eigenvalue weighted by atomic mass is 9.33. The van der Waals surface area contributed by atoms with E-state index in [-0.39, 0.29) is 11.5 Å². The van der Waals surface area contributed by atoms with Crippen molar-refractivity contribution in [1.82, 2.24) is 0 Å². The largest absolute Gasteiger partial charge is 0.393 e. The van der Waals surface area contributed by atoms with Gasteiger partial charge in [0.15, 0.2) is 0 Å². The fraction of sp³-hybridized carbons (Fsp3) is 0.933. The highest BCUT2D eigenvalue weighted by molar-refractivity contribution is 5.33. The highest BCUT2D eigenvalue weighted by Crippen LogP contribution is 2.75. The van der Waals surface area contributed by atoms with E-state index in [2.05, 4.69) is 61.5 Å². The number of aliphatic hydroxyl groups excluding tert-OH is 1. The summed E-state index contributed by atoms with van der Waals surface area (Å²) in [5.74, 6) is 2.21. The Morgan fingerprint density at radius 3 is 2.16 bits per heavy atom. The summed E-state index contributed by atoms with van der Waals surface area (Å²) < 4.78 is 0. The third-order valence-corrected chi connectivity index (χ3v) is 13.0. The van der Waals surface area contributed by atoms with Gasteiger partial charge in [-0.25, -0.2) is 0 Å². The third kappa shape index (κ3) is 2.77. The zero-order valence-corrected chi connectivity index (χ0v) is 21.9. The fourth-order valence-electron chi connectivity index (χ4n) is 10.5. The molecule has 176 valence electrons. The molecule has 1 heteroatoms. The molecule has 4 saturated carbocycles. The first-order chi connectivity index (χ1) is 14.2. The third-order valence-electron chi connectivity index (χ3n) is 13.0. The SMILES string of the molecule is CC1(C)CC[C@]2(C)CC[C@]3(C)C(=CC[C@@H]4[C@]5(C)CC[C@H](O)C(C)(C)[C@H]5CC[C@@]43C)[C@H]2C1. The van der Waals surface area contributed by atoms with E-state index in [0.29, 0.717) is 33.0 Å². The smallest absolute Gasteiger partial charge is 0.0594 e. The van der Waals surface area contributed by atoms with E-state index < -0.39 is 0 Å². The lowest BCUT2D eigenvalue weighted by molar-refractivity contribution is -0.202. The second-order valence-electron chi connectivity index (χ2n) is 15.2. The molecular formula is C30H50O. The zero-order chi connectivity index (χ0) is 22.7. The maximum atomic E-state index is 10.9. The van der Waals surface area contributed by atoms with Gasteiger partial charge in [0.1, 0.15) is 0 Å². The van der Waals surface area contributed by atoms with E-state index >= 15 is 0 Å². The molecule has 0 heterocycles. The van der Waals surface area contributed by atoms with Gasteiger partial charge in [-0.05, 0) is 114 Å². The van der Waals surface area contributed by atoms with E-state index in [0.717, 1.165) is 18.3 Å². The van der Waals surface area contributed by atoms with Gasteiger partial charge < -0.3 is 5.11 Å². The van der Waals surface area contributed by atoms with Crippen LogP contribution < -0.4 is 0 Å². The average molecular weight is 427 g/mol. The molecule has 0 aromatic heterocycles.